The second-order valence-corrected chi connectivity index (χ2v) is 8.46. The Morgan fingerprint density at radius 3 is 2.63 bits per heavy atom. The molecule has 2 saturated heterocycles. The molecule has 0 bridgehead atoms. The summed E-state index contributed by atoms with van der Waals surface area (Å²) in [7, 11) is 0. The van der Waals surface area contributed by atoms with E-state index in [4.69, 9.17) is 4.74 Å². The largest absolute Gasteiger partial charge is 0.439 e. The van der Waals surface area contributed by atoms with Gasteiger partial charge in [0.15, 0.2) is 0 Å². The molecule has 4 rings (SSSR count). The molecule has 1 amide bonds. The summed E-state index contributed by atoms with van der Waals surface area (Å²) in [6.07, 6.45) is -3.11. The van der Waals surface area contributed by atoms with E-state index in [1.807, 2.05) is 4.90 Å². The smallest absolute Gasteiger partial charge is 0.416 e. The highest BCUT2D eigenvalue weighted by molar-refractivity contribution is 9.10. The molecule has 160 valence electrons. The zero-order valence-corrected chi connectivity index (χ0v) is 18.0. The summed E-state index contributed by atoms with van der Waals surface area (Å²) in [6.45, 7) is 5.29. The van der Waals surface area contributed by atoms with Crippen molar-refractivity contribution in [2.24, 2.45) is 0 Å². The summed E-state index contributed by atoms with van der Waals surface area (Å²) in [6, 6.07) is 3.29. The summed E-state index contributed by atoms with van der Waals surface area (Å²) in [5.74, 6) is 0.602. The summed E-state index contributed by atoms with van der Waals surface area (Å²) in [5.41, 5.74) is 0.654. The molecule has 2 aliphatic rings. The summed E-state index contributed by atoms with van der Waals surface area (Å²) < 4.78 is 45.8. The van der Waals surface area contributed by atoms with Gasteiger partial charge in [0.25, 0.3) is 0 Å². The molecule has 2 aromatic rings. The van der Waals surface area contributed by atoms with Crippen LogP contribution in [-0.4, -0.2) is 40.1 Å². The van der Waals surface area contributed by atoms with E-state index in [1.165, 1.54) is 4.90 Å². The third-order valence-electron chi connectivity index (χ3n) is 5.41. The Labute approximate surface area is 180 Å². The lowest BCUT2D eigenvalue weighted by Gasteiger charge is -2.31. The molecule has 30 heavy (non-hydrogen) atoms. The maximum Gasteiger partial charge on any atom is 0.416 e. The number of rotatable bonds is 4. The third kappa shape index (κ3) is 3.97. The molecule has 0 unspecified atom stereocenters. The van der Waals surface area contributed by atoms with Crippen LogP contribution in [0.4, 0.5) is 23.9 Å². The lowest BCUT2D eigenvalue weighted by atomic mass is 9.98. The normalized spacial score (nSPS) is 21.6. The standard InChI is InChI=1S/C20H20BrF3N4O2/c1-11-6-13(8-14(7-11)20(22,23)24)17-12(2)28(19(29)30-17)10-16-15(21)9-25-18(26-16)27-4-3-5-27/h6-9,12,17H,3-5,10H2,1-2H3/t12-,17-/m0/s1. The van der Waals surface area contributed by atoms with Crippen LogP contribution in [0.3, 0.4) is 0 Å². The van der Waals surface area contributed by atoms with Crippen molar-refractivity contribution < 1.29 is 22.7 Å². The average Bonchev–Trinajstić information content (AvgIpc) is 2.90. The van der Waals surface area contributed by atoms with Crippen LogP contribution in [0.1, 0.15) is 41.8 Å². The SMILES string of the molecule is Cc1cc([C@H]2OC(=O)N(Cc3nc(N4CCC4)ncc3Br)[C@H]2C)cc(C(F)(F)F)c1. The van der Waals surface area contributed by atoms with Gasteiger partial charge in [-0.15, -0.1) is 0 Å². The quantitative estimate of drug-likeness (QED) is 0.620. The number of aryl methyl sites for hydroxylation is 1. The Kier molecular flexibility index (Phi) is 5.37. The fraction of sp³-hybridized carbons (Fsp3) is 0.450. The zero-order valence-electron chi connectivity index (χ0n) is 16.4. The number of benzene rings is 1. The van der Waals surface area contributed by atoms with Gasteiger partial charge in [-0.1, -0.05) is 11.6 Å². The summed E-state index contributed by atoms with van der Waals surface area (Å²) >= 11 is 3.42. The van der Waals surface area contributed by atoms with Gasteiger partial charge in [0.1, 0.15) is 6.10 Å². The van der Waals surface area contributed by atoms with Crippen LogP contribution in [0.5, 0.6) is 0 Å². The molecular formula is C20H20BrF3N4O2. The number of cyclic esters (lactones) is 1. The molecule has 1 aromatic heterocycles. The second kappa shape index (κ2) is 7.72. The van der Waals surface area contributed by atoms with Gasteiger partial charge in [-0.2, -0.15) is 13.2 Å². The van der Waals surface area contributed by atoms with Crippen LogP contribution in [0.25, 0.3) is 0 Å². The highest BCUT2D eigenvalue weighted by Crippen LogP contribution is 2.38. The molecule has 2 atom stereocenters. The van der Waals surface area contributed by atoms with E-state index in [-0.39, 0.29) is 6.54 Å². The van der Waals surface area contributed by atoms with Crippen molar-refractivity contribution in [3.63, 3.8) is 0 Å². The number of alkyl halides is 3. The van der Waals surface area contributed by atoms with Gasteiger partial charge in [0.05, 0.1) is 28.3 Å². The van der Waals surface area contributed by atoms with Crippen LogP contribution < -0.4 is 4.90 Å². The number of aromatic nitrogens is 2. The van der Waals surface area contributed by atoms with Crippen LogP contribution in [0.2, 0.25) is 0 Å². The monoisotopic (exact) mass is 484 g/mol. The van der Waals surface area contributed by atoms with Gasteiger partial charge in [0, 0.05) is 19.3 Å². The first-order valence-corrected chi connectivity index (χ1v) is 10.3. The van der Waals surface area contributed by atoms with Crippen molar-refractivity contribution in [1.29, 1.82) is 0 Å². The van der Waals surface area contributed by atoms with Gasteiger partial charge in [-0.05, 0) is 53.9 Å². The fourth-order valence-electron chi connectivity index (χ4n) is 3.63. The number of amides is 1. The minimum Gasteiger partial charge on any atom is -0.439 e. The molecular weight excluding hydrogens is 465 g/mol. The van der Waals surface area contributed by atoms with Gasteiger partial charge < -0.3 is 9.64 Å². The van der Waals surface area contributed by atoms with Crippen LogP contribution >= 0.6 is 15.9 Å². The molecule has 0 N–H and O–H groups in total. The number of anilines is 1. The number of halogens is 4. The van der Waals surface area contributed by atoms with Gasteiger partial charge in [-0.3, -0.25) is 4.90 Å². The summed E-state index contributed by atoms with van der Waals surface area (Å²) in [4.78, 5) is 24.9. The van der Waals surface area contributed by atoms with E-state index >= 15 is 0 Å². The first-order valence-electron chi connectivity index (χ1n) is 9.56. The molecule has 2 fully saturated rings. The van der Waals surface area contributed by atoms with E-state index in [1.54, 1.807) is 26.1 Å². The lowest BCUT2D eigenvalue weighted by Crippen LogP contribution is -2.38. The van der Waals surface area contributed by atoms with Crippen LogP contribution in [-0.2, 0) is 17.5 Å². The molecule has 0 radical (unpaired) electrons. The van der Waals surface area contributed by atoms with Gasteiger partial charge >= 0.3 is 12.3 Å². The fourth-order valence-corrected chi connectivity index (χ4v) is 3.95. The Morgan fingerprint density at radius 2 is 2.00 bits per heavy atom. The van der Waals surface area contributed by atoms with Gasteiger partial charge in [0.2, 0.25) is 5.95 Å². The van der Waals surface area contributed by atoms with Crippen molar-refractivity contribution in [3.8, 4) is 0 Å². The predicted molar refractivity (Wildman–Crippen MR) is 107 cm³/mol. The Bertz CT molecular complexity index is 981. The average molecular weight is 485 g/mol. The van der Waals surface area contributed by atoms with Crippen molar-refractivity contribution in [1.82, 2.24) is 14.9 Å². The molecule has 0 spiro atoms. The molecule has 2 aliphatic heterocycles. The molecule has 3 heterocycles. The molecule has 0 saturated carbocycles. The van der Waals surface area contributed by atoms with Crippen molar-refractivity contribution in [3.05, 3.63) is 51.3 Å². The van der Waals surface area contributed by atoms with Crippen molar-refractivity contribution >= 4 is 28.0 Å². The van der Waals surface area contributed by atoms with E-state index < -0.39 is 30.0 Å². The number of carbonyl (C=O) groups is 1. The first-order chi connectivity index (χ1) is 14.1. The highest BCUT2D eigenvalue weighted by Gasteiger charge is 2.41. The Balaban J connectivity index is 1.58. The second-order valence-electron chi connectivity index (χ2n) is 7.61. The minimum absolute atomic E-state index is 0.165. The minimum atomic E-state index is -4.47. The third-order valence-corrected chi connectivity index (χ3v) is 6.07. The first kappa shape index (κ1) is 20.9. The maximum atomic E-state index is 13.2. The number of carbonyl (C=O) groups excluding carboxylic acids is 1. The van der Waals surface area contributed by atoms with E-state index in [0.29, 0.717) is 27.2 Å². The molecule has 0 aliphatic carbocycles. The van der Waals surface area contributed by atoms with Gasteiger partial charge in [-0.25, -0.2) is 14.8 Å². The Morgan fingerprint density at radius 1 is 1.27 bits per heavy atom. The topological polar surface area (TPSA) is 58.6 Å². The lowest BCUT2D eigenvalue weighted by molar-refractivity contribution is -0.137. The number of hydrogen-bond donors (Lipinski definition) is 0. The van der Waals surface area contributed by atoms with Crippen LogP contribution in [0, 0.1) is 6.92 Å². The number of ether oxygens (including phenoxy) is 1. The van der Waals surface area contributed by atoms with Crippen LogP contribution in [0.15, 0.2) is 28.9 Å². The molecule has 10 heteroatoms. The van der Waals surface area contributed by atoms with E-state index in [9.17, 15) is 18.0 Å². The van der Waals surface area contributed by atoms with Crippen molar-refractivity contribution in [2.75, 3.05) is 18.0 Å². The van der Waals surface area contributed by atoms with Crippen molar-refractivity contribution in [2.45, 2.75) is 45.1 Å². The predicted octanol–water partition coefficient (Wildman–Crippen LogP) is 4.86. The van der Waals surface area contributed by atoms with E-state index in [0.717, 1.165) is 31.6 Å². The Hall–Kier alpha value is -2.36. The maximum absolute atomic E-state index is 13.2. The number of nitrogens with zero attached hydrogens (tertiary/aromatic N) is 4. The highest BCUT2D eigenvalue weighted by atomic mass is 79.9. The zero-order chi connectivity index (χ0) is 21.6. The molecule has 1 aromatic carbocycles. The number of hydrogen-bond acceptors (Lipinski definition) is 5. The summed E-state index contributed by atoms with van der Waals surface area (Å²) in [5, 5.41) is 0. The molecule has 6 nitrogen and oxygen atoms in total. The van der Waals surface area contributed by atoms with E-state index in [2.05, 4.69) is 25.9 Å².